The maximum atomic E-state index is 12.9. The van der Waals surface area contributed by atoms with E-state index >= 15 is 0 Å². The van der Waals surface area contributed by atoms with Gasteiger partial charge in [-0.05, 0) is 60.4 Å². The van der Waals surface area contributed by atoms with E-state index < -0.39 is 11.9 Å². The van der Waals surface area contributed by atoms with Gasteiger partial charge in [-0.3, -0.25) is 9.97 Å². The molecule has 3 fully saturated rings. The molecule has 5 nitrogen and oxygen atoms in total. The van der Waals surface area contributed by atoms with Crippen LogP contribution in [0.1, 0.15) is 41.5 Å². The largest absolute Gasteiger partial charge is 0.433 e. The Kier molecular flexibility index (Phi) is 6.34. The summed E-state index contributed by atoms with van der Waals surface area (Å²) in [6.07, 6.45) is 2.63. The molecule has 38 heavy (non-hydrogen) atoms. The fraction of sp³-hybridized carbons (Fsp3) is 0.393. The van der Waals surface area contributed by atoms with Crippen molar-refractivity contribution in [2.75, 3.05) is 32.4 Å². The van der Waals surface area contributed by atoms with Crippen molar-refractivity contribution >= 4 is 29.4 Å². The number of pyridine rings is 2. The van der Waals surface area contributed by atoms with Crippen LogP contribution >= 0.6 is 23.4 Å². The Bertz CT molecular complexity index is 1350. The molecule has 1 saturated carbocycles. The van der Waals surface area contributed by atoms with Gasteiger partial charge in [-0.1, -0.05) is 29.8 Å². The van der Waals surface area contributed by atoms with Crippen LogP contribution in [0.3, 0.4) is 0 Å². The fourth-order valence-corrected chi connectivity index (χ4v) is 6.80. The van der Waals surface area contributed by atoms with Crippen LogP contribution in [0.15, 0.2) is 59.8 Å². The van der Waals surface area contributed by atoms with Gasteiger partial charge in [0, 0.05) is 65.4 Å². The minimum absolute atomic E-state index is 0.0712. The average molecular weight is 559 g/mol. The number of nitrogens with zero attached hydrogens (tertiary/aromatic N) is 4. The van der Waals surface area contributed by atoms with E-state index in [0.717, 1.165) is 46.2 Å². The molecule has 6 rings (SSSR count). The van der Waals surface area contributed by atoms with Gasteiger partial charge in [0.05, 0.1) is 5.69 Å². The first kappa shape index (κ1) is 25.5. The van der Waals surface area contributed by atoms with E-state index in [1.54, 1.807) is 11.8 Å². The fourth-order valence-electron chi connectivity index (χ4n) is 5.92. The Balaban J connectivity index is 0.983. The number of benzene rings is 1. The molecule has 4 heterocycles. The van der Waals surface area contributed by atoms with E-state index in [9.17, 15) is 18.0 Å². The number of aromatic nitrogens is 2. The van der Waals surface area contributed by atoms with Gasteiger partial charge >= 0.3 is 12.2 Å². The molecule has 10 heteroatoms. The number of amides is 2. The van der Waals surface area contributed by atoms with Crippen LogP contribution in [-0.4, -0.2) is 58.2 Å². The third kappa shape index (κ3) is 4.64. The lowest BCUT2D eigenvalue weighted by Crippen LogP contribution is -2.67. The lowest BCUT2D eigenvalue weighted by molar-refractivity contribution is -0.141. The van der Waals surface area contributed by atoms with E-state index in [2.05, 4.69) is 16.0 Å². The molecule has 1 aliphatic carbocycles. The second kappa shape index (κ2) is 9.45. The second-order valence-corrected chi connectivity index (χ2v) is 11.9. The van der Waals surface area contributed by atoms with Crippen molar-refractivity contribution in [2.45, 2.75) is 35.7 Å². The van der Waals surface area contributed by atoms with Crippen molar-refractivity contribution in [1.82, 2.24) is 19.8 Å². The lowest BCUT2D eigenvalue weighted by Gasteiger charge is -2.60. The molecule has 0 atom stereocenters. The van der Waals surface area contributed by atoms with Gasteiger partial charge in [0.15, 0.2) is 0 Å². The molecule has 1 spiro atoms. The molecule has 0 radical (unpaired) electrons. The van der Waals surface area contributed by atoms with E-state index in [0.29, 0.717) is 31.2 Å². The third-order valence-electron chi connectivity index (χ3n) is 8.08. The molecule has 2 aromatic heterocycles. The standard InChI is InChI=1S/C28H26ClF3N4OS/c1-38-24-8-21(29)4-5-22(24)23-6-2-18(11-33-23)20-13-35(14-20)26(37)36-15-27(16-36)9-19(10-27)17-3-7-25(34-12-17)28(30,31)32/h2-8,11-12,19-20H,9-10,13-16H2,1H3. The maximum Gasteiger partial charge on any atom is 0.433 e. The molecule has 1 aromatic carbocycles. The number of urea groups is 1. The first-order valence-corrected chi connectivity index (χ1v) is 14.1. The van der Waals surface area contributed by atoms with E-state index in [1.165, 1.54) is 12.3 Å². The molecular weight excluding hydrogens is 533 g/mol. The average Bonchev–Trinajstić information content (AvgIpc) is 2.81. The molecule has 3 aromatic rings. The number of likely N-dealkylation sites (tertiary alicyclic amines) is 2. The number of hydrogen-bond acceptors (Lipinski definition) is 4. The van der Waals surface area contributed by atoms with Gasteiger partial charge in [0.1, 0.15) is 5.69 Å². The summed E-state index contributed by atoms with van der Waals surface area (Å²) in [7, 11) is 0. The summed E-state index contributed by atoms with van der Waals surface area (Å²) in [6, 6.07) is 12.6. The van der Waals surface area contributed by atoms with E-state index in [4.69, 9.17) is 11.6 Å². The number of hydrogen-bond donors (Lipinski definition) is 0. The van der Waals surface area contributed by atoms with E-state index in [-0.39, 0.29) is 23.3 Å². The topological polar surface area (TPSA) is 49.3 Å². The monoisotopic (exact) mass is 558 g/mol. The predicted molar refractivity (Wildman–Crippen MR) is 141 cm³/mol. The minimum atomic E-state index is -4.42. The Morgan fingerprint density at radius 3 is 2.26 bits per heavy atom. The number of thioether (sulfide) groups is 1. The van der Waals surface area contributed by atoms with Crippen molar-refractivity contribution in [3.8, 4) is 11.3 Å². The highest BCUT2D eigenvalue weighted by molar-refractivity contribution is 7.98. The highest BCUT2D eigenvalue weighted by Gasteiger charge is 2.55. The van der Waals surface area contributed by atoms with Crippen LogP contribution in [0.25, 0.3) is 11.3 Å². The van der Waals surface area contributed by atoms with E-state index in [1.807, 2.05) is 46.5 Å². The minimum Gasteiger partial charge on any atom is -0.323 e. The van der Waals surface area contributed by atoms with Crippen LogP contribution in [0.2, 0.25) is 5.02 Å². The van der Waals surface area contributed by atoms with Gasteiger partial charge in [-0.15, -0.1) is 11.8 Å². The highest BCUT2D eigenvalue weighted by Crippen LogP contribution is 2.56. The van der Waals surface area contributed by atoms with Crippen molar-refractivity contribution in [3.63, 3.8) is 0 Å². The van der Waals surface area contributed by atoms with Crippen molar-refractivity contribution in [3.05, 3.63) is 76.7 Å². The van der Waals surface area contributed by atoms with Gasteiger partial charge in [-0.2, -0.15) is 13.2 Å². The summed E-state index contributed by atoms with van der Waals surface area (Å²) in [5.74, 6) is 0.493. The Labute approximate surface area is 228 Å². The van der Waals surface area contributed by atoms with Crippen LogP contribution in [0, 0.1) is 5.41 Å². The summed E-state index contributed by atoms with van der Waals surface area (Å²) in [4.78, 5) is 26.1. The Hall–Kier alpha value is -2.78. The number of alkyl halides is 3. The maximum absolute atomic E-state index is 12.9. The molecule has 0 N–H and O–H groups in total. The third-order valence-corrected chi connectivity index (χ3v) is 9.09. The molecule has 2 aliphatic heterocycles. The molecule has 198 valence electrons. The molecule has 2 saturated heterocycles. The van der Waals surface area contributed by atoms with Gasteiger partial charge < -0.3 is 9.80 Å². The number of rotatable bonds is 4. The second-order valence-electron chi connectivity index (χ2n) is 10.6. The van der Waals surface area contributed by atoms with Crippen molar-refractivity contribution in [1.29, 1.82) is 0 Å². The predicted octanol–water partition coefficient (Wildman–Crippen LogP) is 6.94. The summed E-state index contributed by atoms with van der Waals surface area (Å²) in [6.45, 7) is 2.79. The normalized spacial score (nSPS) is 19.2. The molecule has 2 amide bonds. The quantitative estimate of drug-likeness (QED) is 0.326. The Morgan fingerprint density at radius 2 is 1.66 bits per heavy atom. The zero-order chi connectivity index (χ0) is 26.7. The van der Waals surface area contributed by atoms with Crippen LogP contribution in [-0.2, 0) is 6.18 Å². The number of carbonyl (C=O) groups is 1. The highest BCUT2D eigenvalue weighted by atomic mass is 35.5. The summed E-state index contributed by atoms with van der Waals surface area (Å²) < 4.78 is 38.2. The van der Waals surface area contributed by atoms with Crippen LogP contribution in [0.4, 0.5) is 18.0 Å². The van der Waals surface area contributed by atoms with Gasteiger partial charge in [0.25, 0.3) is 0 Å². The lowest BCUT2D eigenvalue weighted by atomic mass is 9.56. The van der Waals surface area contributed by atoms with Crippen LogP contribution < -0.4 is 0 Å². The number of halogens is 4. The first-order valence-electron chi connectivity index (χ1n) is 12.5. The first-order chi connectivity index (χ1) is 18.1. The Morgan fingerprint density at radius 1 is 0.974 bits per heavy atom. The van der Waals surface area contributed by atoms with Crippen LogP contribution in [0.5, 0.6) is 0 Å². The zero-order valence-corrected chi connectivity index (χ0v) is 22.3. The number of carbonyl (C=O) groups excluding carboxylic acids is 1. The smallest absolute Gasteiger partial charge is 0.323 e. The SMILES string of the molecule is CSc1cc(Cl)ccc1-c1ccc(C2CN(C(=O)N3CC4(CC(c5ccc(C(F)(F)F)nc5)C4)C3)C2)cn1. The molecule has 0 bridgehead atoms. The summed E-state index contributed by atoms with van der Waals surface area (Å²) in [5, 5.41) is 0.704. The summed E-state index contributed by atoms with van der Waals surface area (Å²) in [5.41, 5.74) is 3.17. The van der Waals surface area contributed by atoms with Gasteiger partial charge in [-0.25, -0.2) is 4.79 Å². The van der Waals surface area contributed by atoms with Crippen molar-refractivity contribution in [2.24, 2.45) is 5.41 Å². The van der Waals surface area contributed by atoms with Crippen molar-refractivity contribution < 1.29 is 18.0 Å². The summed E-state index contributed by atoms with van der Waals surface area (Å²) >= 11 is 7.76. The molecule has 0 unspecified atom stereocenters. The molecular formula is C28H26ClF3N4OS. The zero-order valence-electron chi connectivity index (χ0n) is 20.7. The van der Waals surface area contributed by atoms with Gasteiger partial charge in [0.2, 0.25) is 0 Å². The molecule has 3 aliphatic rings.